The second kappa shape index (κ2) is 3.17. The minimum absolute atomic E-state index is 0.0672. The average Bonchev–Trinajstić information content (AvgIpc) is 2.19. The van der Waals surface area contributed by atoms with Crippen molar-refractivity contribution in [3.05, 3.63) is 41.0 Å². The smallest absolute Gasteiger partial charge is 0.228 e. The van der Waals surface area contributed by atoms with E-state index >= 15 is 0 Å². The first-order valence-corrected chi connectivity index (χ1v) is 4.25. The van der Waals surface area contributed by atoms with Gasteiger partial charge >= 0.3 is 0 Å². The maximum Gasteiger partial charge on any atom is 0.228 e. The van der Waals surface area contributed by atoms with Gasteiger partial charge in [-0.05, 0) is 23.6 Å². The summed E-state index contributed by atoms with van der Waals surface area (Å²) >= 11 is 5.82. The Balaban J connectivity index is 2.88. The summed E-state index contributed by atoms with van der Waals surface area (Å²) in [5.74, 6) is -0.0672. The van der Waals surface area contributed by atoms with Crippen molar-refractivity contribution in [2.75, 3.05) is 0 Å². The monoisotopic (exact) mass is 204 g/mol. The molecule has 68 valence electrons. The summed E-state index contributed by atoms with van der Waals surface area (Å²) in [5.41, 5.74) is 0.222. The molecule has 0 amide bonds. The molecular formula is C10H5ClN2O. The van der Waals surface area contributed by atoms with Crippen LogP contribution in [0.5, 0.6) is 5.75 Å². The van der Waals surface area contributed by atoms with Crippen LogP contribution in [0.1, 0.15) is 0 Å². The summed E-state index contributed by atoms with van der Waals surface area (Å²) in [6.45, 7) is 6.83. The van der Waals surface area contributed by atoms with Gasteiger partial charge in [-0.3, -0.25) is 0 Å². The van der Waals surface area contributed by atoms with Crippen LogP contribution >= 0.6 is 11.6 Å². The number of benzene rings is 1. The first-order valence-electron chi connectivity index (χ1n) is 3.87. The van der Waals surface area contributed by atoms with Crippen LogP contribution in [0.2, 0.25) is 5.15 Å². The summed E-state index contributed by atoms with van der Waals surface area (Å²) in [6, 6.07) is 4.79. The van der Waals surface area contributed by atoms with Gasteiger partial charge in [0.15, 0.2) is 0 Å². The van der Waals surface area contributed by atoms with Crippen molar-refractivity contribution in [2.45, 2.75) is 0 Å². The Morgan fingerprint density at radius 2 is 2.21 bits per heavy atom. The number of aromatic nitrogens is 1. The van der Waals surface area contributed by atoms with Gasteiger partial charge in [0, 0.05) is 11.6 Å². The number of aromatic hydroxyl groups is 1. The van der Waals surface area contributed by atoms with Crippen molar-refractivity contribution in [1.82, 2.24) is 4.98 Å². The van der Waals surface area contributed by atoms with Gasteiger partial charge in [0.05, 0.1) is 6.57 Å². The number of nitrogens with zero attached hydrogens (tertiary/aromatic N) is 2. The van der Waals surface area contributed by atoms with Gasteiger partial charge in [0.25, 0.3) is 0 Å². The molecule has 0 unspecified atom stereocenters. The Labute approximate surface area is 85.4 Å². The van der Waals surface area contributed by atoms with Crippen molar-refractivity contribution in [1.29, 1.82) is 0 Å². The fourth-order valence-electron chi connectivity index (χ4n) is 1.25. The van der Waals surface area contributed by atoms with Crippen molar-refractivity contribution in [3.63, 3.8) is 0 Å². The fourth-order valence-corrected chi connectivity index (χ4v) is 1.47. The number of phenols is 1. The van der Waals surface area contributed by atoms with E-state index in [1.807, 2.05) is 0 Å². The van der Waals surface area contributed by atoms with E-state index in [0.717, 1.165) is 5.39 Å². The lowest BCUT2D eigenvalue weighted by atomic mass is 10.1. The minimum Gasteiger partial charge on any atom is -0.519 e. The standard InChI is InChI=1S/C10H5ClN2O/c1-12-8-4-6-2-3-13-10(11)7(6)5-9(8)14/h2-5,14H. The van der Waals surface area contributed by atoms with Crippen LogP contribution in [-0.4, -0.2) is 10.1 Å². The van der Waals surface area contributed by atoms with Crippen LogP contribution < -0.4 is 0 Å². The van der Waals surface area contributed by atoms with E-state index in [0.29, 0.717) is 10.5 Å². The number of fused-ring (bicyclic) bond motifs is 1. The highest BCUT2D eigenvalue weighted by molar-refractivity contribution is 6.34. The number of hydrogen-bond acceptors (Lipinski definition) is 2. The maximum atomic E-state index is 9.43. The molecule has 0 radical (unpaired) electrons. The van der Waals surface area contributed by atoms with E-state index in [-0.39, 0.29) is 11.4 Å². The van der Waals surface area contributed by atoms with Crippen molar-refractivity contribution in [2.24, 2.45) is 0 Å². The molecule has 0 atom stereocenters. The molecule has 0 aliphatic rings. The third-order valence-corrected chi connectivity index (χ3v) is 2.23. The highest BCUT2D eigenvalue weighted by atomic mass is 35.5. The Morgan fingerprint density at radius 1 is 1.43 bits per heavy atom. The summed E-state index contributed by atoms with van der Waals surface area (Å²) in [4.78, 5) is 7.07. The number of rotatable bonds is 0. The van der Waals surface area contributed by atoms with Gasteiger partial charge < -0.3 is 5.11 Å². The van der Waals surface area contributed by atoms with Gasteiger partial charge in [-0.1, -0.05) is 11.6 Å². The maximum absolute atomic E-state index is 9.43. The van der Waals surface area contributed by atoms with Crippen molar-refractivity contribution < 1.29 is 5.11 Å². The molecule has 0 fully saturated rings. The number of halogens is 1. The molecule has 4 heteroatoms. The molecule has 0 aliphatic heterocycles. The highest BCUT2D eigenvalue weighted by Crippen LogP contribution is 2.33. The van der Waals surface area contributed by atoms with Crippen molar-refractivity contribution in [3.8, 4) is 5.75 Å². The molecule has 0 saturated heterocycles. The van der Waals surface area contributed by atoms with Gasteiger partial charge in [0.1, 0.15) is 10.9 Å². The summed E-state index contributed by atoms with van der Waals surface area (Å²) in [6.07, 6.45) is 1.56. The average molecular weight is 205 g/mol. The van der Waals surface area contributed by atoms with Gasteiger partial charge in [-0.2, -0.15) is 0 Å². The van der Waals surface area contributed by atoms with Crippen LogP contribution in [0.25, 0.3) is 15.6 Å². The molecule has 0 bridgehead atoms. The largest absolute Gasteiger partial charge is 0.519 e. The van der Waals surface area contributed by atoms with E-state index < -0.39 is 0 Å². The van der Waals surface area contributed by atoms with Gasteiger partial charge in [0.2, 0.25) is 5.69 Å². The summed E-state index contributed by atoms with van der Waals surface area (Å²) < 4.78 is 0. The van der Waals surface area contributed by atoms with E-state index in [4.69, 9.17) is 18.2 Å². The Bertz CT molecular complexity index is 546. The minimum atomic E-state index is -0.0672. The molecule has 3 nitrogen and oxygen atoms in total. The van der Waals surface area contributed by atoms with Gasteiger partial charge in [-0.25, -0.2) is 9.83 Å². The number of pyridine rings is 1. The summed E-state index contributed by atoms with van der Waals surface area (Å²) in [5, 5.41) is 11.2. The topological polar surface area (TPSA) is 37.5 Å². The zero-order valence-corrected chi connectivity index (χ0v) is 7.78. The first-order chi connectivity index (χ1) is 6.72. The molecule has 0 aliphatic carbocycles. The molecule has 1 heterocycles. The Kier molecular flexibility index (Phi) is 1.99. The molecule has 14 heavy (non-hydrogen) atoms. The third-order valence-electron chi connectivity index (χ3n) is 1.93. The predicted octanol–water partition coefficient (Wildman–Crippen LogP) is 3.14. The van der Waals surface area contributed by atoms with Crippen LogP contribution in [0.15, 0.2) is 24.4 Å². The Hall–Kier alpha value is -1.79. The lowest BCUT2D eigenvalue weighted by molar-refractivity contribution is 0.479. The normalized spacial score (nSPS) is 10.0. The van der Waals surface area contributed by atoms with E-state index in [2.05, 4.69) is 9.83 Å². The highest BCUT2D eigenvalue weighted by Gasteiger charge is 2.05. The molecular weight excluding hydrogens is 200 g/mol. The van der Waals surface area contributed by atoms with Crippen molar-refractivity contribution >= 4 is 28.1 Å². The number of hydrogen-bond donors (Lipinski definition) is 1. The van der Waals surface area contributed by atoms with E-state index in [1.54, 1.807) is 18.3 Å². The van der Waals surface area contributed by atoms with Crippen LogP contribution in [0.3, 0.4) is 0 Å². The molecule has 2 aromatic rings. The molecule has 2 rings (SSSR count). The molecule has 1 aromatic heterocycles. The molecule has 0 spiro atoms. The summed E-state index contributed by atoms with van der Waals surface area (Å²) in [7, 11) is 0. The fraction of sp³-hybridized carbons (Fsp3) is 0. The lowest BCUT2D eigenvalue weighted by Gasteiger charge is -2.01. The second-order valence-electron chi connectivity index (χ2n) is 2.78. The van der Waals surface area contributed by atoms with Crippen LogP contribution in [0.4, 0.5) is 5.69 Å². The zero-order valence-electron chi connectivity index (χ0n) is 7.03. The third kappa shape index (κ3) is 1.26. The lowest BCUT2D eigenvalue weighted by Crippen LogP contribution is -1.78. The van der Waals surface area contributed by atoms with Gasteiger partial charge in [-0.15, -0.1) is 0 Å². The molecule has 0 saturated carbocycles. The number of phenolic OH excluding ortho intramolecular Hbond substituents is 1. The molecule has 1 aromatic carbocycles. The SMILES string of the molecule is [C-]#[N+]c1cc2ccnc(Cl)c2cc1O. The van der Waals surface area contributed by atoms with E-state index in [9.17, 15) is 5.11 Å². The quantitative estimate of drug-likeness (QED) is 0.529. The first kappa shape index (κ1) is 8.79. The zero-order chi connectivity index (χ0) is 10.1. The van der Waals surface area contributed by atoms with Crippen LogP contribution in [-0.2, 0) is 0 Å². The molecule has 1 N–H and O–H groups in total. The van der Waals surface area contributed by atoms with E-state index in [1.165, 1.54) is 6.07 Å². The second-order valence-corrected chi connectivity index (χ2v) is 3.13. The van der Waals surface area contributed by atoms with Crippen LogP contribution in [0, 0.1) is 6.57 Å². The Morgan fingerprint density at radius 3 is 2.93 bits per heavy atom. The predicted molar refractivity (Wildman–Crippen MR) is 54.7 cm³/mol.